The molecule has 0 aliphatic carbocycles. The third-order valence-electron chi connectivity index (χ3n) is 5.20. The Balaban J connectivity index is -0.000000174. The number of carboxylic acids is 3. The van der Waals surface area contributed by atoms with Crippen LogP contribution in [0.15, 0.2) is 0 Å². The van der Waals surface area contributed by atoms with Crippen LogP contribution in [0.5, 0.6) is 0 Å². The average molecular weight is 493 g/mol. The maximum absolute atomic E-state index is 10.3. The van der Waals surface area contributed by atoms with Crippen LogP contribution in [0, 0.1) is 17.8 Å². The molecule has 0 aromatic carbocycles. The number of aliphatic carboxylic acids is 3. The number of unbranched alkanes of at least 4 members (excludes halogenated alkanes) is 3. The Labute approximate surface area is 201 Å². The van der Waals surface area contributed by atoms with Crippen molar-refractivity contribution in [1.29, 1.82) is 0 Å². The van der Waals surface area contributed by atoms with E-state index in [1.54, 1.807) is 0 Å². The Hall–Kier alpha value is -1.07. The van der Waals surface area contributed by atoms with Gasteiger partial charge in [-0.3, -0.25) is 0 Å². The molecular weight excluding hydrogens is 448 g/mol. The van der Waals surface area contributed by atoms with Crippen LogP contribution in [0.1, 0.15) is 119 Å². The zero-order valence-corrected chi connectivity index (χ0v) is 21.4. The summed E-state index contributed by atoms with van der Waals surface area (Å²) in [5.41, 5.74) is 0. The van der Waals surface area contributed by atoms with Crippen LogP contribution in [0.4, 0.5) is 0 Å². The van der Waals surface area contributed by atoms with Crippen molar-refractivity contribution < 1.29 is 46.8 Å². The number of hydrogen-bond acceptors (Lipinski definition) is 6. The van der Waals surface area contributed by atoms with E-state index < -0.39 is 17.9 Å². The predicted octanol–water partition coefficient (Wildman–Crippen LogP) is 2.86. The van der Waals surface area contributed by atoms with Crippen molar-refractivity contribution in [2.75, 3.05) is 0 Å². The summed E-state index contributed by atoms with van der Waals surface area (Å²) < 4.78 is 0. The van der Waals surface area contributed by atoms with Gasteiger partial charge in [-0.25, -0.2) is 0 Å². The van der Waals surface area contributed by atoms with Crippen molar-refractivity contribution in [1.82, 2.24) is 0 Å². The first-order chi connectivity index (χ1) is 14.2. The summed E-state index contributed by atoms with van der Waals surface area (Å²) in [6, 6.07) is 0. The zero-order valence-electron chi connectivity index (χ0n) is 20.5. The second kappa shape index (κ2) is 27.0. The quantitative estimate of drug-likeness (QED) is 0.324. The second-order valence-corrected chi connectivity index (χ2v) is 7.70. The number of hydrogen-bond donors (Lipinski definition) is 0. The van der Waals surface area contributed by atoms with Gasteiger partial charge in [-0.05, 0) is 56.3 Å². The number of carbonyl (C=O) groups excluding carboxylic acids is 3. The van der Waals surface area contributed by atoms with Crippen LogP contribution >= 0.6 is 0 Å². The van der Waals surface area contributed by atoms with E-state index >= 15 is 0 Å². The fourth-order valence-electron chi connectivity index (χ4n) is 2.82. The molecule has 3 atom stereocenters. The summed E-state index contributed by atoms with van der Waals surface area (Å²) in [7, 11) is 0. The normalized spacial score (nSPS) is 12.6. The first-order valence-corrected chi connectivity index (χ1v) is 11.8. The third kappa shape index (κ3) is 25.1. The summed E-state index contributed by atoms with van der Waals surface area (Å²) in [6.07, 6.45) is 10.6. The summed E-state index contributed by atoms with van der Waals surface area (Å²) in [5.74, 6) is -3.34. The molecule has 191 valence electrons. The van der Waals surface area contributed by atoms with Gasteiger partial charge < -0.3 is 29.7 Å². The van der Waals surface area contributed by atoms with Gasteiger partial charge in [0.2, 0.25) is 0 Å². The van der Waals surface area contributed by atoms with Crippen molar-refractivity contribution in [3.63, 3.8) is 0 Å². The molecule has 0 bridgehead atoms. The molecule has 3 unspecified atom stereocenters. The van der Waals surface area contributed by atoms with E-state index in [-0.39, 0.29) is 34.8 Å². The van der Waals surface area contributed by atoms with Gasteiger partial charge in [0.25, 0.3) is 0 Å². The van der Waals surface area contributed by atoms with Crippen LogP contribution in [0.3, 0.4) is 0 Å². The van der Waals surface area contributed by atoms with Gasteiger partial charge >= 0.3 is 0 Å². The van der Waals surface area contributed by atoms with Gasteiger partial charge in [-0.15, -0.1) is 0 Å². The summed E-state index contributed by atoms with van der Waals surface area (Å²) in [4.78, 5) is 31.0. The van der Waals surface area contributed by atoms with Crippen molar-refractivity contribution in [2.45, 2.75) is 119 Å². The van der Waals surface area contributed by atoms with Crippen molar-refractivity contribution in [3.8, 4) is 0 Å². The molecule has 0 aliphatic heterocycles. The Morgan fingerprint density at radius 3 is 0.806 bits per heavy atom. The minimum atomic E-state index is -0.893. The molecule has 0 rings (SSSR count). The molecule has 0 N–H and O–H groups in total. The van der Waals surface area contributed by atoms with E-state index in [4.69, 9.17) is 0 Å². The molecule has 0 aromatic rings. The van der Waals surface area contributed by atoms with Crippen LogP contribution in [0.25, 0.3) is 0 Å². The van der Waals surface area contributed by atoms with Crippen LogP contribution in [0.2, 0.25) is 0 Å². The fraction of sp³-hybridized carbons (Fsp3) is 0.875. The Kier molecular flexibility index (Phi) is 32.4. The maximum Gasteiger partial charge on any atom is 0.0445 e. The Morgan fingerprint density at radius 2 is 0.710 bits per heavy atom. The van der Waals surface area contributed by atoms with Crippen molar-refractivity contribution >= 4 is 17.9 Å². The molecule has 0 saturated carbocycles. The van der Waals surface area contributed by atoms with E-state index in [1.807, 2.05) is 20.8 Å². The smallest absolute Gasteiger partial charge is 0.0445 e. The van der Waals surface area contributed by atoms with E-state index in [2.05, 4.69) is 20.8 Å². The van der Waals surface area contributed by atoms with Gasteiger partial charge in [0.05, 0.1) is 0 Å². The topological polar surface area (TPSA) is 120 Å². The molecule has 0 saturated heterocycles. The first-order valence-electron chi connectivity index (χ1n) is 11.8. The predicted molar refractivity (Wildman–Crippen MR) is 115 cm³/mol. The van der Waals surface area contributed by atoms with Crippen LogP contribution < -0.4 is 15.3 Å². The molecule has 6 nitrogen and oxygen atoms in total. The molecule has 1 radical (unpaired) electrons. The van der Waals surface area contributed by atoms with Crippen LogP contribution in [-0.4, -0.2) is 17.9 Å². The molecule has 0 aliphatic rings. The van der Waals surface area contributed by atoms with E-state index in [9.17, 15) is 29.7 Å². The SMILES string of the molecule is CCCCC(CC)C(=O)[O-].CCCCC(CC)C(=O)[O-].CCCCC(CC)C(=O)[O-].[Cu]. The summed E-state index contributed by atoms with van der Waals surface area (Å²) >= 11 is 0. The van der Waals surface area contributed by atoms with E-state index in [0.717, 1.165) is 57.8 Å². The second-order valence-electron chi connectivity index (χ2n) is 7.70. The van der Waals surface area contributed by atoms with Gasteiger partial charge in [-0.1, -0.05) is 80.1 Å². The number of carboxylic acid groups (broad SMARTS) is 3. The molecule has 0 fully saturated rings. The Bertz CT molecular complexity index is 366. The molecule has 7 heteroatoms. The van der Waals surface area contributed by atoms with Gasteiger partial charge in [0.1, 0.15) is 0 Å². The molecule has 0 amide bonds. The molecule has 0 aromatic heterocycles. The minimum absolute atomic E-state index is 0. The average Bonchev–Trinajstić information content (AvgIpc) is 2.70. The molecule has 0 spiro atoms. The largest absolute Gasteiger partial charge is 0.550 e. The van der Waals surface area contributed by atoms with E-state index in [0.29, 0.717) is 19.3 Å². The van der Waals surface area contributed by atoms with E-state index in [1.165, 1.54) is 0 Å². The maximum atomic E-state index is 10.3. The number of rotatable bonds is 15. The fourth-order valence-corrected chi connectivity index (χ4v) is 2.82. The monoisotopic (exact) mass is 492 g/mol. The summed E-state index contributed by atoms with van der Waals surface area (Å²) in [6.45, 7) is 11.8. The molecular formula is C24H45CuO6-3. The van der Waals surface area contributed by atoms with Gasteiger partial charge in [0, 0.05) is 35.0 Å². The van der Waals surface area contributed by atoms with Crippen LogP contribution in [-0.2, 0) is 31.5 Å². The standard InChI is InChI=1S/3C8H16O2.Cu/c3*1-3-5-6-7(4-2)8(9)10;/h3*7H,3-6H2,1-2H3,(H,9,10);/p-3. The number of carbonyl (C=O) groups is 3. The van der Waals surface area contributed by atoms with Crippen molar-refractivity contribution in [2.24, 2.45) is 17.8 Å². The zero-order chi connectivity index (χ0) is 23.9. The first kappa shape index (κ1) is 37.3. The minimum Gasteiger partial charge on any atom is -0.550 e. The third-order valence-corrected chi connectivity index (χ3v) is 5.20. The Morgan fingerprint density at radius 1 is 0.516 bits per heavy atom. The van der Waals surface area contributed by atoms with Crippen molar-refractivity contribution in [3.05, 3.63) is 0 Å². The molecule has 0 heterocycles. The summed E-state index contributed by atoms with van der Waals surface area (Å²) in [5, 5.41) is 31.0. The van der Waals surface area contributed by atoms with Gasteiger partial charge in [-0.2, -0.15) is 0 Å². The molecule has 31 heavy (non-hydrogen) atoms. The van der Waals surface area contributed by atoms with Gasteiger partial charge in [0.15, 0.2) is 0 Å².